The second-order valence-electron chi connectivity index (χ2n) is 8.35. The molecule has 8 nitrogen and oxygen atoms in total. The van der Waals surface area contributed by atoms with Crippen LogP contribution in [0.5, 0.6) is 0 Å². The molecular formula is C19H38N4O4S. The van der Waals surface area contributed by atoms with E-state index in [9.17, 15) is 13.2 Å². The standard InChI is InChI=1S/C19H38N4O4S/c1-6-8-9-16(13-22-18(24)27-19(3,4)5)23-17(20-7-2)21-12-15-10-11-28(25,26)14-15/h15-16H,6-14H2,1-5H3,(H,22,24)(H2,20,21,23). The smallest absolute Gasteiger partial charge is 0.407 e. The van der Waals surface area contributed by atoms with Crippen molar-refractivity contribution < 1.29 is 17.9 Å². The Morgan fingerprint density at radius 3 is 2.50 bits per heavy atom. The first-order valence-corrected chi connectivity index (χ1v) is 12.1. The topological polar surface area (TPSA) is 109 Å². The summed E-state index contributed by atoms with van der Waals surface area (Å²) in [6, 6.07) is 0.0116. The Morgan fingerprint density at radius 2 is 1.96 bits per heavy atom. The van der Waals surface area contributed by atoms with E-state index < -0.39 is 21.5 Å². The summed E-state index contributed by atoms with van der Waals surface area (Å²) in [7, 11) is -2.90. The number of alkyl carbamates (subject to hydrolysis) is 1. The van der Waals surface area contributed by atoms with Crippen molar-refractivity contribution in [3.05, 3.63) is 0 Å². The Hall–Kier alpha value is -1.51. The molecule has 2 unspecified atom stereocenters. The van der Waals surface area contributed by atoms with Gasteiger partial charge in [0.2, 0.25) is 0 Å². The molecule has 9 heteroatoms. The van der Waals surface area contributed by atoms with Crippen LogP contribution in [0.4, 0.5) is 4.79 Å². The largest absolute Gasteiger partial charge is 0.444 e. The van der Waals surface area contributed by atoms with E-state index in [4.69, 9.17) is 4.74 Å². The van der Waals surface area contributed by atoms with Gasteiger partial charge in [0.15, 0.2) is 15.8 Å². The molecule has 1 rings (SSSR count). The average Bonchev–Trinajstić information content (AvgIpc) is 2.92. The quantitative estimate of drug-likeness (QED) is 0.391. The summed E-state index contributed by atoms with van der Waals surface area (Å²) in [5.74, 6) is 1.21. The summed E-state index contributed by atoms with van der Waals surface area (Å²) in [6.07, 6.45) is 3.19. The van der Waals surface area contributed by atoms with Gasteiger partial charge in [-0.15, -0.1) is 0 Å². The fourth-order valence-corrected chi connectivity index (χ4v) is 4.80. The molecule has 0 spiro atoms. The molecule has 1 saturated heterocycles. The lowest BCUT2D eigenvalue weighted by Crippen LogP contribution is -2.49. The Balaban J connectivity index is 2.64. The predicted molar refractivity (Wildman–Crippen MR) is 113 cm³/mol. The molecule has 0 aromatic rings. The highest BCUT2D eigenvalue weighted by molar-refractivity contribution is 7.91. The van der Waals surface area contributed by atoms with E-state index in [1.165, 1.54) is 0 Å². The van der Waals surface area contributed by atoms with E-state index in [0.717, 1.165) is 19.3 Å². The van der Waals surface area contributed by atoms with Gasteiger partial charge < -0.3 is 20.7 Å². The van der Waals surface area contributed by atoms with Gasteiger partial charge in [-0.2, -0.15) is 0 Å². The Labute approximate surface area is 170 Å². The summed E-state index contributed by atoms with van der Waals surface area (Å²) in [5, 5.41) is 9.40. The van der Waals surface area contributed by atoms with E-state index >= 15 is 0 Å². The second-order valence-corrected chi connectivity index (χ2v) is 10.6. The molecule has 2 atom stereocenters. The van der Waals surface area contributed by atoms with E-state index in [0.29, 0.717) is 32.0 Å². The van der Waals surface area contributed by atoms with Crippen molar-refractivity contribution in [3.8, 4) is 0 Å². The van der Waals surface area contributed by atoms with Crippen LogP contribution < -0.4 is 16.0 Å². The second kappa shape index (κ2) is 11.5. The third-order valence-corrected chi connectivity index (χ3v) is 6.15. The first-order valence-electron chi connectivity index (χ1n) is 10.3. The summed E-state index contributed by atoms with van der Waals surface area (Å²) >= 11 is 0. The van der Waals surface area contributed by atoms with Gasteiger partial charge in [-0.1, -0.05) is 19.8 Å². The van der Waals surface area contributed by atoms with Gasteiger partial charge in [-0.05, 0) is 46.5 Å². The number of hydrogen-bond acceptors (Lipinski definition) is 5. The molecule has 1 aliphatic rings. The van der Waals surface area contributed by atoms with E-state index in [-0.39, 0.29) is 23.5 Å². The van der Waals surface area contributed by atoms with Crippen molar-refractivity contribution in [2.45, 2.75) is 71.9 Å². The number of amides is 1. The third-order valence-electron chi connectivity index (χ3n) is 4.32. The fraction of sp³-hybridized carbons (Fsp3) is 0.895. The number of carbonyl (C=O) groups is 1. The number of sulfone groups is 1. The van der Waals surface area contributed by atoms with Crippen LogP contribution in [0, 0.1) is 5.92 Å². The number of rotatable bonds is 9. The Kier molecular flexibility index (Phi) is 10.1. The summed E-state index contributed by atoms with van der Waals surface area (Å²) < 4.78 is 28.5. The first kappa shape index (κ1) is 24.5. The first-order chi connectivity index (χ1) is 13.0. The van der Waals surface area contributed by atoms with Crippen LogP contribution in [0.1, 0.15) is 60.3 Å². The maximum atomic E-state index is 11.9. The molecule has 3 N–H and O–H groups in total. The van der Waals surface area contributed by atoms with Gasteiger partial charge in [0.1, 0.15) is 5.60 Å². The molecule has 0 radical (unpaired) electrons. The molecule has 1 heterocycles. The molecule has 1 fully saturated rings. The number of nitrogens with zero attached hydrogens (tertiary/aromatic N) is 1. The van der Waals surface area contributed by atoms with Crippen molar-refractivity contribution in [2.75, 3.05) is 31.1 Å². The molecule has 28 heavy (non-hydrogen) atoms. The van der Waals surface area contributed by atoms with Gasteiger partial charge >= 0.3 is 6.09 Å². The number of ether oxygens (including phenoxy) is 1. The minimum atomic E-state index is -2.90. The normalized spacial score (nSPS) is 20.5. The van der Waals surface area contributed by atoms with Crippen LogP contribution in [0.2, 0.25) is 0 Å². The SMILES string of the molecule is CCCCC(CNC(=O)OC(C)(C)C)NC(=NCC1CCS(=O)(=O)C1)NCC. The average molecular weight is 419 g/mol. The van der Waals surface area contributed by atoms with Crippen LogP contribution in [0.15, 0.2) is 4.99 Å². The number of guanidine groups is 1. The minimum absolute atomic E-state index is 0.0116. The number of aliphatic imine (C=N–C) groups is 1. The highest BCUT2D eigenvalue weighted by Gasteiger charge is 2.27. The van der Waals surface area contributed by atoms with Crippen LogP contribution >= 0.6 is 0 Å². The monoisotopic (exact) mass is 418 g/mol. The molecular weight excluding hydrogens is 380 g/mol. The molecule has 1 amide bonds. The van der Waals surface area contributed by atoms with Gasteiger partial charge in [0.05, 0.1) is 11.5 Å². The fourth-order valence-electron chi connectivity index (χ4n) is 2.95. The summed E-state index contributed by atoms with van der Waals surface area (Å²) in [5.41, 5.74) is -0.533. The Morgan fingerprint density at radius 1 is 1.25 bits per heavy atom. The van der Waals surface area contributed by atoms with E-state index in [1.807, 2.05) is 27.7 Å². The van der Waals surface area contributed by atoms with Crippen molar-refractivity contribution in [1.82, 2.24) is 16.0 Å². The lowest BCUT2D eigenvalue weighted by atomic mass is 10.1. The van der Waals surface area contributed by atoms with E-state index in [2.05, 4.69) is 27.9 Å². The minimum Gasteiger partial charge on any atom is -0.444 e. The van der Waals surface area contributed by atoms with Gasteiger partial charge in [0, 0.05) is 25.7 Å². The maximum absolute atomic E-state index is 11.9. The van der Waals surface area contributed by atoms with Crippen LogP contribution in [0.3, 0.4) is 0 Å². The third kappa shape index (κ3) is 10.7. The van der Waals surface area contributed by atoms with Crippen LogP contribution in [-0.4, -0.2) is 63.3 Å². The molecule has 0 bridgehead atoms. The zero-order valence-electron chi connectivity index (χ0n) is 18.0. The molecule has 0 aliphatic carbocycles. The van der Waals surface area contributed by atoms with Crippen molar-refractivity contribution in [2.24, 2.45) is 10.9 Å². The number of unbranched alkanes of at least 4 members (excludes halogenated alkanes) is 1. The molecule has 0 saturated carbocycles. The van der Waals surface area contributed by atoms with E-state index in [1.54, 1.807) is 0 Å². The van der Waals surface area contributed by atoms with Crippen molar-refractivity contribution in [1.29, 1.82) is 0 Å². The lowest BCUT2D eigenvalue weighted by molar-refractivity contribution is 0.0522. The van der Waals surface area contributed by atoms with Gasteiger partial charge in [0.25, 0.3) is 0 Å². The highest BCUT2D eigenvalue weighted by Crippen LogP contribution is 2.18. The highest BCUT2D eigenvalue weighted by atomic mass is 32.2. The van der Waals surface area contributed by atoms with Crippen molar-refractivity contribution >= 4 is 21.9 Å². The number of carbonyl (C=O) groups excluding carboxylic acids is 1. The van der Waals surface area contributed by atoms with Crippen LogP contribution in [-0.2, 0) is 14.6 Å². The number of nitrogens with one attached hydrogen (secondary N) is 3. The zero-order valence-corrected chi connectivity index (χ0v) is 18.8. The van der Waals surface area contributed by atoms with Gasteiger partial charge in [-0.3, -0.25) is 4.99 Å². The Bertz CT molecular complexity index is 614. The maximum Gasteiger partial charge on any atom is 0.407 e. The van der Waals surface area contributed by atoms with Crippen LogP contribution in [0.25, 0.3) is 0 Å². The van der Waals surface area contributed by atoms with Gasteiger partial charge in [-0.25, -0.2) is 13.2 Å². The molecule has 0 aromatic heterocycles. The lowest BCUT2D eigenvalue weighted by Gasteiger charge is -2.24. The zero-order chi connectivity index (χ0) is 21.2. The molecule has 0 aromatic carbocycles. The number of hydrogen-bond donors (Lipinski definition) is 3. The predicted octanol–water partition coefficient (Wildman–Crippen LogP) is 2.06. The van der Waals surface area contributed by atoms with Crippen molar-refractivity contribution in [3.63, 3.8) is 0 Å². The molecule has 164 valence electrons. The summed E-state index contributed by atoms with van der Waals surface area (Å²) in [6.45, 7) is 11.2. The summed E-state index contributed by atoms with van der Waals surface area (Å²) in [4.78, 5) is 16.5. The molecule has 1 aliphatic heterocycles.